The van der Waals surface area contributed by atoms with Gasteiger partial charge in [0.15, 0.2) is 0 Å². The molecule has 2 bridgehead atoms. The van der Waals surface area contributed by atoms with Crippen LogP contribution in [-0.2, 0) is 18.3 Å². The normalized spacial score (nSPS) is 17.8. The summed E-state index contributed by atoms with van der Waals surface area (Å²) in [5, 5.41) is 0. The van der Waals surface area contributed by atoms with E-state index in [1.165, 1.54) is 86.9 Å². The van der Waals surface area contributed by atoms with E-state index in [1.807, 2.05) is 0 Å². The van der Waals surface area contributed by atoms with E-state index in [-0.39, 0.29) is 10.8 Å². The van der Waals surface area contributed by atoms with E-state index in [2.05, 4.69) is 141 Å². The summed E-state index contributed by atoms with van der Waals surface area (Å²) in [5.41, 5.74) is 21.8. The minimum absolute atomic E-state index is 0.0575. The van der Waals surface area contributed by atoms with Crippen LogP contribution in [-0.4, -0.2) is 0 Å². The van der Waals surface area contributed by atoms with Gasteiger partial charge in [-0.25, -0.2) is 0 Å². The van der Waals surface area contributed by atoms with E-state index >= 15 is 0 Å². The molecule has 4 aliphatic rings. The van der Waals surface area contributed by atoms with E-state index in [9.17, 15) is 0 Å². The maximum atomic E-state index is 2.54. The molecule has 0 amide bonds. The maximum absolute atomic E-state index is 2.54. The summed E-state index contributed by atoms with van der Waals surface area (Å²) in [5.74, 6) is 0.343. The molecule has 0 heterocycles. The van der Waals surface area contributed by atoms with E-state index in [0.717, 1.165) is 12.8 Å². The molecule has 0 N–H and O–H groups in total. The third kappa shape index (κ3) is 4.62. The third-order valence-electron chi connectivity index (χ3n) is 11.1. The topological polar surface area (TPSA) is 0 Å². The molecular formula is C46H51. The van der Waals surface area contributed by atoms with Crippen LogP contribution in [0.15, 0.2) is 95.6 Å². The van der Waals surface area contributed by atoms with Gasteiger partial charge in [-0.3, -0.25) is 0 Å². The Balaban J connectivity index is 1.52. The van der Waals surface area contributed by atoms with E-state index in [4.69, 9.17) is 0 Å². The molecule has 235 valence electrons. The van der Waals surface area contributed by atoms with Gasteiger partial charge in [0.25, 0.3) is 0 Å². The van der Waals surface area contributed by atoms with Gasteiger partial charge in [0.1, 0.15) is 0 Å². The molecule has 0 fully saturated rings. The van der Waals surface area contributed by atoms with Gasteiger partial charge in [-0.1, -0.05) is 144 Å². The van der Waals surface area contributed by atoms with Crippen LogP contribution in [0.2, 0.25) is 0 Å². The summed E-state index contributed by atoms with van der Waals surface area (Å²) in [6.07, 6.45) is 9.72. The van der Waals surface area contributed by atoms with Gasteiger partial charge in [-0.05, 0) is 117 Å². The number of hydrogen-bond acceptors (Lipinski definition) is 0. The van der Waals surface area contributed by atoms with Gasteiger partial charge >= 0.3 is 0 Å². The second-order valence-corrected chi connectivity index (χ2v) is 15.4. The van der Waals surface area contributed by atoms with Gasteiger partial charge in [0.05, 0.1) is 5.41 Å². The van der Waals surface area contributed by atoms with Crippen molar-refractivity contribution in [1.29, 1.82) is 0 Å². The van der Waals surface area contributed by atoms with Crippen LogP contribution in [0.3, 0.4) is 0 Å². The largest absolute Gasteiger partial charge is 0.0679 e. The van der Waals surface area contributed by atoms with Gasteiger partial charge in [0.2, 0.25) is 0 Å². The van der Waals surface area contributed by atoms with Crippen molar-refractivity contribution in [3.8, 4) is 11.1 Å². The number of hydrogen-bond donors (Lipinski definition) is 0. The van der Waals surface area contributed by atoms with Gasteiger partial charge in [-0.2, -0.15) is 0 Å². The molecule has 4 aliphatic carbocycles. The molecule has 1 radical (unpaired) electrons. The van der Waals surface area contributed by atoms with Crippen molar-refractivity contribution in [3.05, 3.63) is 152 Å². The van der Waals surface area contributed by atoms with Crippen molar-refractivity contribution >= 4 is 5.57 Å². The Bertz CT molecular complexity index is 1820. The number of allylic oxidation sites excluding steroid dienone is 4. The number of aryl methyl sites for hydroxylation is 4. The summed E-state index contributed by atoms with van der Waals surface area (Å²) < 4.78 is 0. The first kappa shape index (κ1) is 31.0. The smallest absolute Gasteiger partial charge is 0.0654 e. The number of rotatable bonds is 9. The molecule has 4 aromatic carbocycles. The van der Waals surface area contributed by atoms with Crippen molar-refractivity contribution in [2.45, 2.75) is 99.3 Å². The van der Waals surface area contributed by atoms with Gasteiger partial charge in [-0.15, -0.1) is 0 Å². The third-order valence-corrected chi connectivity index (χ3v) is 11.1. The van der Waals surface area contributed by atoms with Crippen LogP contribution >= 0.6 is 0 Å². The molecule has 0 aliphatic heterocycles. The average Bonchev–Trinajstić information content (AvgIpc) is 3.64. The molecule has 0 heteroatoms. The highest BCUT2D eigenvalue weighted by Crippen LogP contribution is 2.72. The van der Waals surface area contributed by atoms with Crippen LogP contribution in [0.25, 0.3) is 16.7 Å². The Morgan fingerprint density at radius 3 is 1.87 bits per heavy atom. The highest BCUT2D eigenvalue weighted by atomic mass is 14.6. The minimum Gasteiger partial charge on any atom is -0.0654 e. The SMILES string of the molecule is CCCCc1ccc2c(c1)[CH]c1c-2ccc(CCCC)c1C1=C2C(C(C)(C)C)=C(C1C)C2(c1ccc(C)cc1)c1ccc(C)cc1. The number of unbranched alkanes of at least 4 members (excludes halogenated alkanes) is 2. The highest BCUT2D eigenvalue weighted by Gasteiger charge is 2.62. The lowest BCUT2D eigenvalue weighted by atomic mass is 9.51. The molecule has 8 rings (SSSR count). The van der Waals surface area contributed by atoms with E-state index in [0.29, 0.717) is 5.92 Å². The highest BCUT2D eigenvalue weighted by molar-refractivity contribution is 5.99. The first-order valence-corrected chi connectivity index (χ1v) is 17.9. The van der Waals surface area contributed by atoms with Gasteiger partial charge in [0, 0.05) is 12.3 Å². The predicted molar refractivity (Wildman–Crippen MR) is 197 cm³/mol. The lowest BCUT2D eigenvalue weighted by Gasteiger charge is -2.50. The van der Waals surface area contributed by atoms with Crippen molar-refractivity contribution in [3.63, 3.8) is 0 Å². The van der Waals surface area contributed by atoms with Gasteiger partial charge < -0.3 is 0 Å². The predicted octanol–water partition coefficient (Wildman–Crippen LogP) is 12.3. The number of benzene rings is 4. The van der Waals surface area contributed by atoms with Crippen molar-refractivity contribution in [1.82, 2.24) is 0 Å². The fourth-order valence-corrected chi connectivity index (χ4v) is 8.93. The zero-order chi connectivity index (χ0) is 32.4. The van der Waals surface area contributed by atoms with Crippen LogP contribution in [0.5, 0.6) is 0 Å². The molecule has 0 saturated carbocycles. The second-order valence-electron chi connectivity index (χ2n) is 15.4. The van der Waals surface area contributed by atoms with Crippen molar-refractivity contribution < 1.29 is 0 Å². The number of fused-ring (bicyclic) bond motifs is 4. The Hall–Kier alpha value is -3.64. The van der Waals surface area contributed by atoms with Crippen LogP contribution in [0.4, 0.5) is 0 Å². The fourth-order valence-electron chi connectivity index (χ4n) is 8.93. The second kappa shape index (κ2) is 11.6. The Morgan fingerprint density at radius 2 is 1.28 bits per heavy atom. The van der Waals surface area contributed by atoms with E-state index < -0.39 is 0 Å². The van der Waals surface area contributed by atoms with Crippen LogP contribution in [0.1, 0.15) is 117 Å². The minimum atomic E-state index is -0.220. The van der Waals surface area contributed by atoms with E-state index in [1.54, 1.807) is 22.3 Å². The first-order valence-electron chi connectivity index (χ1n) is 17.9. The molecule has 46 heavy (non-hydrogen) atoms. The molecule has 1 atom stereocenters. The monoisotopic (exact) mass is 603 g/mol. The summed E-state index contributed by atoms with van der Waals surface area (Å²) in [7, 11) is 0. The lowest BCUT2D eigenvalue weighted by Crippen LogP contribution is -2.43. The molecule has 0 spiro atoms. The summed E-state index contributed by atoms with van der Waals surface area (Å²) in [6.45, 7) is 18.8. The lowest BCUT2D eigenvalue weighted by molar-refractivity contribution is 0.448. The summed E-state index contributed by atoms with van der Waals surface area (Å²) >= 11 is 0. The van der Waals surface area contributed by atoms with Crippen molar-refractivity contribution in [2.24, 2.45) is 11.3 Å². The Morgan fingerprint density at radius 1 is 0.696 bits per heavy atom. The quantitative estimate of drug-likeness (QED) is 0.157. The van der Waals surface area contributed by atoms with Crippen LogP contribution < -0.4 is 0 Å². The maximum Gasteiger partial charge on any atom is 0.0679 e. The first-order chi connectivity index (χ1) is 22.1. The molecule has 0 aromatic heterocycles. The average molecular weight is 604 g/mol. The summed E-state index contributed by atoms with van der Waals surface area (Å²) in [4.78, 5) is 0. The zero-order valence-electron chi connectivity index (χ0n) is 29.4. The Kier molecular flexibility index (Phi) is 7.78. The van der Waals surface area contributed by atoms with Crippen LogP contribution in [0, 0.1) is 31.6 Å². The Labute approximate surface area is 278 Å². The molecular weight excluding hydrogens is 553 g/mol. The molecule has 0 saturated heterocycles. The molecule has 1 unspecified atom stereocenters. The molecule has 0 nitrogen and oxygen atoms in total. The van der Waals surface area contributed by atoms with Crippen molar-refractivity contribution in [2.75, 3.05) is 0 Å². The molecule has 4 aromatic rings. The standard InChI is InChI=1S/C46H51/c1-9-11-13-32-19-25-37-34(27-32)28-39-38(37)26-20-33(14-12-10-2)41(39)40-31(5)42-44(45(6,7)8)43(40)46(42,35-21-15-29(3)16-22-35)36-23-17-30(4)18-24-36/h15-28,31H,9-14H2,1-8H3. The fraction of sp³-hybridized carbons (Fsp3) is 0.370. The zero-order valence-corrected chi connectivity index (χ0v) is 29.4. The summed E-state index contributed by atoms with van der Waals surface area (Å²) in [6, 6.07) is 31.1.